The van der Waals surface area contributed by atoms with Crippen LogP contribution < -0.4 is 10.6 Å². The van der Waals surface area contributed by atoms with E-state index in [2.05, 4.69) is 5.32 Å². The van der Waals surface area contributed by atoms with Gasteiger partial charge in [-0.05, 0) is 37.1 Å². The maximum absolute atomic E-state index is 12.1. The Hall–Kier alpha value is -2.35. The van der Waals surface area contributed by atoms with Gasteiger partial charge in [0.05, 0.1) is 13.2 Å². The Balaban J connectivity index is 1.92. The van der Waals surface area contributed by atoms with Gasteiger partial charge in [-0.15, -0.1) is 0 Å². The van der Waals surface area contributed by atoms with Gasteiger partial charge in [0.15, 0.2) is 0 Å². The molecule has 2 N–H and O–H groups in total. The number of hydrogen-bond acceptors (Lipinski definition) is 3. The van der Waals surface area contributed by atoms with E-state index in [1.54, 1.807) is 5.32 Å². The standard InChI is InChI=1S/C15H15F3N2O3/c16-15(17,18)14(22)20-12-3-1-11(2-4-12)19-13(21)9-10-5-7-23-8-6-10/h1-4,9H,5-8H2,(H,19,21)(H,20,22). The third-order valence-electron chi connectivity index (χ3n) is 3.14. The normalized spacial score (nSPS) is 15.0. The van der Waals surface area contributed by atoms with Crippen molar-refractivity contribution in [2.45, 2.75) is 19.0 Å². The van der Waals surface area contributed by atoms with Crippen molar-refractivity contribution >= 4 is 23.2 Å². The number of carbonyl (C=O) groups excluding carboxylic acids is 2. The van der Waals surface area contributed by atoms with Gasteiger partial charge in [-0.25, -0.2) is 0 Å². The van der Waals surface area contributed by atoms with Crippen LogP contribution in [0.3, 0.4) is 0 Å². The predicted octanol–water partition coefficient (Wildman–Crippen LogP) is 2.86. The molecular formula is C15H15F3N2O3. The second-order valence-corrected chi connectivity index (χ2v) is 4.93. The van der Waals surface area contributed by atoms with E-state index in [4.69, 9.17) is 4.74 Å². The van der Waals surface area contributed by atoms with Gasteiger partial charge < -0.3 is 15.4 Å². The van der Waals surface area contributed by atoms with Gasteiger partial charge in [0.2, 0.25) is 5.91 Å². The number of hydrogen-bond donors (Lipinski definition) is 2. The highest BCUT2D eigenvalue weighted by molar-refractivity contribution is 6.00. The van der Waals surface area contributed by atoms with E-state index in [0.29, 0.717) is 31.7 Å². The molecule has 0 atom stereocenters. The Labute approximate surface area is 130 Å². The summed E-state index contributed by atoms with van der Waals surface area (Å²) in [6, 6.07) is 5.38. The molecule has 2 amide bonds. The lowest BCUT2D eigenvalue weighted by Crippen LogP contribution is -2.29. The lowest BCUT2D eigenvalue weighted by Gasteiger charge is -2.14. The summed E-state index contributed by atoms with van der Waals surface area (Å²) in [7, 11) is 0. The molecule has 0 aromatic heterocycles. The van der Waals surface area contributed by atoms with Crippen LogP contribution in [0.5, 0.6) is 0 Å². The summed E-state index contributed by atoms with van der Waals surface area (Å²) in [6.07, 6.45) is -2.03. The fourth-order valence-corrected chi connectivity index (χ4v) is 1.98. The highest BCUT2D eigenvalue weighted by Crippen LogP contribution is 2.20. The predicted molar refractivity (Wildman–Crippen MR) is 77.9 cm³/mol. The van der Waals surface area contributed by atoms with Crippen LogP contribution in [0, 0.1) is 0 Å². The molecule has 0 saturated carbocycles. The molecule has 0 bridgehead atoms. The van der Waals surface area contributed by atoms with Crippen molar-refractivity contribution in [1.29, 1.82) is 0 Å². The van der Waals surface area contributed by atoms with Crippen molar-refractivity contribution in [3.8, 4) is 0 Å². The van der Waals surface area contributed by atoms with E-state index in [1.807, 2.05) is 0 Å². The molecule has 1 aliphatic heterocycles. The summed E-state index contributed by atoms with van der Waals surface area (Å²) in [5.74, 6) is -2.35. The largest absolute Gasteiger partial charge is 0.471 e. The van der Waals surface area contributed by atoms with Crippen LogP contribution in [-0.4, -0.2) is 31.2 Å². The molecule has 1 aromatic rings. The lowest BCUT2D eigenvalue weighted by molar-refractivity contribution is -0.167. The quantitative estimate of drug-likeness (QED) is 0.839. The monoisotopic (exact) mass is 328 g/mol. The van der Waals surface area contributed by atoms with E-state index in [0.717, 1.165) is 5.57 Å². The third-order valence-corrected chi connectivity index (χ3v) is 3.14. The number of benzene rings is 1. The minimum absolute atomic E-state index is 0.00638. The van der Waals surface area contributed by atoms with Gasteiger partial charge in [0.25, 0.3) is 0 Å². The van der Waals surface area contributed by atoms with Crippen molar-refractivity contribution in [2.24, 2.45) is 0 Å². The summed E-state index contributed by atoms with van der Waals surface area (Å²) >= 11 is 0. The number of carbonyl (C=O) groups is 2. The van der Waals surface area contributed by atoms with Crippen LogP contribution in [0.2, 0.25) is 0 Å². The topological polar surface area (TPSA) is 67.4 Å². The molecular weight excluding hydrogens is 313 g/mol. The highest BCUT2D eigenvalue weighted by atomic mass is 19.4. The fraction of sp³-hybridized carbons (Fsp3) is 0.333. The Morgan fingerprint density at radius 3 is 2.04 bits per heavy atom. The molecule has 0 spiro atoms. The van der Waals surface area contributed by atoms with Crippen LogP contribution in [0.4, 0.5) is 24.5 Å². The van der Waals surface area contributed by atoms with E-state index in [-0.39, 0.29) is 11.6 Å². The van der Waals surface area contributed by atoms with Crippen LogP contribution >= 0.6 is 0 Å². The Morgan fingerprint density at radius 1 is 1.00 bits per heavy atom. The minimum atomic E-state index is -4.94. The van der Waals surface area contributed by atoms with E-state index in [1.165, 1.54) is 30.3 Å². The fourth-order valence-electron chi connectivity index (χ4n) is 1.98. The number of alkyl halides is 3. The summed E-state index contributed by atoms with van der Waals surface area (Å²) in [5.41, 5.74) is 1.40. The van der Waals surface area contributed by atoms with Gasteiger partial charge >= 0.3 is 12.1 Å². The van der Waals surface area contributed by atoms with Crippen molar-refractivity contribution in [1.82, 2.24) is 0 Å². The summed E-state index contributed by atoms with van der Waals surface area (Å²) in [6.45, 7) is 1.18. The minimum Gasteiger partial charge on any atom is -0.381 e. The van der Waals surface area contributed by atoms with Crippen molar-refractivity contribution in [2.75, 3.05) is 23.8 Å². The van der Waals surface area contributed by atoms with Crippen molar-refractivity contribution in [3.05, 3.63) is 35.9 Å². The summed E-state index contributed by atoms with van der Waals surface area (Å²) < 4.78 is 41.6. The number of amides is 2. The smallest absolute Gasteiger partial charge is 0.381 e. The van der Waals surface area contributed by atoms with Crippen LogP contribution in [0.15, 0.2) is 35.9 Å². The molecule has 2 rings (SSSR count). The molecule has 1 saturated heterocycles. The molecule has 1 aromatic carbocycles. The molecule has 1 fully saturated rings. The maximum Gasteiger partial charge on any atom is 0.471 e. The Morgan fingerprint density at radius 2 is 1.52 bits per heavy atom. The highest BCUT2D eigenvalue weighted by Gasteiger charge is 2.38. The number of rotatable bonds is 3. The molecule has 1 heterocycles. The molecule has 1 aliphatic rings. The number of anilines is 2. The first-order valence-corrected chi connectivity index (χ1v) is 6.91. The lowest BCUT2D eigenvalue weighted by atomic mass is 10.1. The Bertz CT molecular complexity index is 601. The first-order chi connectivity index (χ1) is 10.8. The molecule has 5 nitrogen and oxygen atoms in total. The van der Waals surface area contributed by atoms with E-state index in [9.17, 15) is 22.8 Å². The summed E-state index contributed by atoms with van der Waals surface area (Å²) in [4.78, 5) is 22.6. The van der Waals surface area contributed by atoms with E-state index >= 15 is 0 Å². The zero-order chi connectivity index (χ0) is 16.9. The van der Waals surface area contributed by atoms with Gasteiger partial charge in [-0.2, -0.15) is 13.2 Å². The number of ether oxygens (including phenoxy) is 1. The number of halogens is 3. The SMILES string of the molecule is O=C(C=C1CCOCC1)Nc1ccc(NC(=O)C(F)(F)F)cc1. The molecule has 0 aliphatic carbocycles. The zero-order valence-electron chi connectivity index (χ0n) is 12.1. The van der Waals surface area contributed by atoms with E-state index < -0.39 is 12.1 Å². The maximum atomic E-state index is 12.1. The molecule has 0 unspecified atom stereocenters. The molecule has 124 valence electrons. The average molecular weight is 328 g/mol. The average Bonchev–Trinajstić information content (AvgIpc) is 2.49. The molecule has 8 heteroatoms. The first-order valence-electron chi connectivity index (χ1n) is 6.91. The molecule has 0 radical (unpaired) electrons. The van der Waals surface area contributed by atoms with Crippen LogP contribution in [0.25, 0.3) is 0 Å². The van der Waals surface area contributed by atoms with Gasteiger partial charge in [0.1, 0.15) is 0 Å². The van der Waals surface area contributed by atoms with Gasteiger partial charge in [0, 0.05) is 17.5 Å². The van der Waals surface area contributed by atoms with Crippen LogP contribution in [0.1, 0.15) is 12.8 Å². The molecule has 23 heavy (non-hydrogen) atoms. The number of nitrogens with one attached hydrogen (secondary N) is 2. The second kappa shape index (κ2) is 7.28. The first kappa shape index (κ1) is 17.0. The Kier molecular flexibility index (Phi) is 5.38. The van der Waals surface area contributed by atoms with Crippen LogP contribution in [-0.2, 0) is 14.3 Å². The van der Waals surface area contributed by atoms with Crippen molar-refractivity contribution < 1.29 is 27.5 Å². The van der Waals surface area contributed by atoms with Gasteiger partial charge in [-0.1, -0.05) is 5.57 Å². The van der Waals surface area contributed by atoms with Crippen molar-refractivity contribution in [3.63, 3.8) is 0 Å². The summed E-state index contributed by atoms with van der Waals surface area (Å²) in [5, 5.41) is 4.33. The van der Waals surface area contributed by atoms with Gasteiger partial charge in [-0.3, -0.25) is 9.59 Å². The second-order valence-electron chi connectivity index (χ2n) is 4.93. The zero-order valence-corrected chi connectivity index (χ0v) is 12.1. The third kappa shape index (κ3) is 5.41.